The van der Waals surface area contributed by atoms with Gasteiger partial charge in [-0.25, -0.2) is 0 Å². The van der Waals surface area contributed by atoms with Crippen molar-refractivity contribution in [3.63, 3.8) is 0 Å². The van der Waals surface area contributed by atoms with E-state index in [2.05, 4.69) is 0 Å². The first-order chi connectivity index (χ1) is 9.31. The lowest BCUT2D eigenvalue weighted by Gasteiger charge is -2.36. The Bertz CT molecular complexity index is 355. The SMILES string of the molecule is CCOC(=O)C(C)(C)C(=O)CN1CC(C)OC(CO)C1. The van der Waals surface area contributed by atoms with Gasteiger partial charge in [0.2, 0.25) is 0 Å². The van der Waals surface area contributed by atoms with E-state index in [4.69, 9.17) is 14.6 Å². The molecule has 0 aromatic rings. The lowest BCUT2D eigenvalue weighted by atomic mass is 9.87. The highest BCUT2D eigenvalue weighted by molar-refractivity contribution is 6.03. The fourth-order valence-corrected chi connectivity index (χ4v) is 2.20. The molecule has 0 bridgehead atoms. The first-order valence-electron chi connectivity index (χ1n) is 7.00. The van der Waals surface area contributed by atoms with E-state index >= 15 is 0 Å². The molecule has 0 aromatic heterocycles. The Hall–Kier alpha value is -0.980. The van der Waals surface area contributed by atoms with Crippen molar-refractivity contribution in [1.82, 2.24) is 4.90 Å². The van der Waals surface area contributed by atoms with Crippen LogP contribution >= 0.6 is 0 Å². The van der Waals surface area contributed by atoms with E-state index in [-0.39, 0.29) is 37.7 Å². The molecule has 0 saturated carbocycles. The molecule has 2 atom stereocenters. The zero-order chi connectivity index (χ0) is 15.3. The van der Waals surface area contributed by atoms with Crippen LogP contribution in [0.3, 0.4) is 0 Å². The highest BCUT2D eigenvalue weighted by Crippen LogP contribution is 2.21. The van der Waals surface area contributed by atoms with Gasteiger partial charge in [0.1, 0.15) is 5.41 Å². The molecule has 20 heavy (non-hydrogen) atoms. The Labute approximate surface area is 120 Å². The number of ether oxygens (including phenoxy) is 2. The number of Topliss-reactive ketones (excluding diaryl/α,β-unsaturated/α-hetero) is 1. The van der Waals surface area contributed by atoms with Crippen LogP contribution in [0.1, 0.15) is 27.7 Å². The molecule has 2 unspecified atom stereocenters. The number of hydrogen-bond donors (Lipinski definition) is 1. The van der Waals surface area contributed by atoms with Crippen molar-refractivity contribution in [2.75, 3.05) is 32.8 Å². The molecular formula is C14H25NO5. The molecule has 116 valence electrons. The van der Waals surface area contributed by atoms with E-state index in [0.717, 1.165) is 0 Å². The third-order valence-corrected chi connectivity index (χ3v) is 3.46. The summed E-state index contributed by atoms with van der Waals surface area (Å²) < 4.78 is 10.5. The van der Waals surface area contributed by atoms with Gasteiger partial charge < -0.3 is 14.6 Å². The molecule has 0 spiro atoms. The second-order valence-electron chi connectivity index (χ2n) is 5.71. The molecule has 0 aromatic carbocycles. The zero-order valence-corrected chi connectivity index (χ0v) is 12.7. The summed E-state index contributed by atoms with van der Waals surface area (Å²) in [4.78, 5) is 26.0. The summed E-state index contributed by atoms with van der Waals surface area (Å²) in [7, 11) is 0. The summed E-state index contributed by atoms with van der Waals surface area (Å²) in [5.74, 6) is -0.674. The van der Waals surface area contributed by atoms with Gasteiger partial charge in [0, 0.05) is 13.1 Å². The van der Waals surface area contributed by atoms with Crippen molar-refractivity contribution >= 4 is 11.8 Å². The van der Waals surface area contributed by atoms with Gasteiger partial charge in [0.25, 0.3) is 0 Å². The lowest BCUT2D eigenvalue weighted by Crippen LogP contribution is -2.51. The monoisotopic (exact) mass is 287 g/mol. The van der Waals surface area contributed by atoms with Gasteiger partial charge in [-0.05, 0) is 27.7 Å². The number of hydrogen-bond acceptors (Lipinski definition) is 6. The highest BCUT2D eigenvalue weighted by Gasteiger charge is 2.39. The minimum atomic E-state index is -1.15. The minimum absolute atomic E-state index is 0.0422. The van der Waals surface area contributed by atoms with Gasteiger partial charge in [0.15, 0.2) is 5.78 Å². The van der Waals surface area contributed by atoms with Gasteiger partial charge in [-0.1, -0.05) is 0 Å². The first kappa shape index (κ1) is 17.1. The number of carbonyl (C=O) groups excluding carboxylic acids is 2. The van der Waals surface area contributed by atoms with Crippen molar-refractivity contribution in [2.45, 2.75) is 39.9 Å². The molecule has 6 heteroatoms. The smallest absolute Gasteiger partial charge is 0.319 e. The molecule has 1 N–H and O–H groups in total. The van der Waals surface area contributed by atoms with Crippen LogP contribution < -0.4 is 0 Å². The number of ketones is 1. The topological polar surface area (TPSA) is 76.1 Å². The third-order valence-electron chi connectivity index (χ3n) is 3.46. The Kier molecular flexibility index (Phi) is 6.10. The van der Waals surface area contributed by atoms with Gasteiger partial charge in [-0.3, -0.25) is 14.5 Å². The zero-order valence-electron chi connectivity index (χ0n) is 12.7. The van der Waals surface area contributed by atoms with Crippen LogP contribution in [0.25, 0.3) is 0 Å². The highest BCUT2D eigenvalue weighted by atomic mass is 16.5. The van der Waals surface area contributed by atoms with E-state index in [0.29, 0.717) is 13.1 Å². The average Bonchev–Trinajstić information content (AvgIpc) is 2.38. The molecule has 1 aliphatic heterocycles. The largest absolute Gasteiger partial charge is 0.465 e. The second kappa shape index (κ2) is 7.15. The molecule has 0 aliphatic carbocycles. The van der Waals surface area contributed by atoms with Crippen LogP contribution in [0.5, 0.6) is 0 Å². The Balaban J connectivity index is 2.62. The van der Waals surface area contributed by atoms with E-state index < -0.39 is 11.4 Å². The summed E-state index contributed by atoms with van der Waals surface area (Å²) in [6.07, 6.45) is -0.323. The number of aliphatic hydroxyl groups excluding tert-OH is 1. The predicted molar refractivity (Wildman–Crippen MR) is 73.3 cm³/mol. The number of nitrogens with zero attached hydrogens (tertiary/aromatic N) is 1. The maximum absolute atomic E-state index is 12.3. The summed E-state index contributed by atoms with van der Waals surface area (Å²) >= 11 is 0. The number of morpholine rings is 1. The van der Waals surface area contributed by atoms with Crippen LogP contribution in [0.4, 0.5) is 0 Å². The average molecular weight is 287 g/mol. The molecule has 6 nitrogen and oxygen atoms in total. The predicted octanol–water partition coefficient (Wildman–Crippen LogP) is 0.226. The van der Waals surface area contributed by atoms with Crippen LogP contribution in [0, 0.1) is 5.41 Å². The maximum Gasteiger partial charge on any atom is 0.319 e. The number of aliphatic hydroxyl groups is 1. The Morgan fingerprint density at radius 1 is 1.40 bits per heavy atom. The Morgan fingerprint density at radius 2 is 2.05 bits per heavy atom. The summed E-state index contributed by atoms with van der Waals surface area (Å²) in [6, 6.07) is 0. The van der Waals surface area contributed by atoms with E-state index in [1.54, 1.807) is 20.8 Å². The van der Waals surface area contributed by atoms with Gasteiger partial charge in [-0.15, -0.1) is 0 Å². The minimum Gasteiger partial charge on any atom is -0.465 e. The van der Waals surface area contributed by atoms with E-state index in [1.165, 1.54) is 0 Å². The summed E-state index contributed by atoms with van der Waals surface area (Å²) in [6.45, 7) is 8.24. The van der Waals surface area contributed by atoms with Crippen LogP contribution in [-0.4, -0.2) is 66.8 Å². The molecule has 1 heterocycles. The number of esters is 1. The van der Waals surface area contributed by atoms with Crippen molar-refractivity contribution in [3.8, 4) is 0 Å². The Morgan fingerprint density at radius 3 is 2.60 bits per heavy atom. The standard InChI is InChI=1S/C14H25NO5/c1-5-19-13(18)14(3,4)12(17)8-15-6-10(2)20-11(7-15)9-16/h10-11,16H,5-9H2,1-4H3. The fraction of sp³-hybridized carbons (Fsp3) is 0.857. The normalized spacial score (nSPS) is 24.4. The fourth-order valence-electron chi connectivity index (χ4n) is 2.20. The number of rotatable bonds is 6. The maximum atomic E-state index is 12.3. The molecule has 1 aliphatic rings. The third kappa shape index (κ3) is 4.26. The van der Waals surface area contributed by atoms with Gasteiger partial charge in [-0.2, -0.15) is 0 Å². The van der Waals surface area contributed by atoms with Crippen molar-refractivity contribution in [1.29, 1.82) is 0 Å². The van der Waals surface area contributed by atoms with Crippen LogP contribution in [0.15, 0.2) is 0 Å². The molecule has 1 rings (SSSR count). The molecule has 1 saturated heterocycles. The molecule has 0 amide bonds. The van der Waals surface area contributed by atoms with E-state index in [9.17, 15) is 9.59 Å². The molecule has 1 fully saturated rings. The van der Waals surface area contributed by atoms with E-state index in [1.807, 2.05) is 11.8 Å². The molecule has 0 radical (unpaired) electrons. The van der Waals surface area contributed by atoms with Crippen molar-refractivity contribution in [2.24, 2.45) is 5.41 Å². The van der Waals surface area contributed by atoms with Crippen molar-refractivity contribution in [3.05, 3.63) is 0 Å². The van der Waals surface area contributed by atoms with Crippen molar-refractivity contribution < 1.29 is 24.2 Å². The summed E-state index contributed by atoms with van der Waals surface area (Å²) in [5.41, 5.74) is -1.15. The second-order valence-corrected chi connectivity index (χ2v) is 5.71. The summed E-state index contributed by atoms with van der Waals surface area (Å²) in [5, 5.41) is 9.17. The number of carbonyl (C=O) groups is 2. The first-order valence-corrected chi connectivity index (χ1v) is 7.00. The molecular weight excluding hydrogens is 262 g/mol. The van der Waals surface area contributed by atoms with Crippen LogP contribution in [0.2, 0.25) is 0 Å². The quantitative estimate of drug-likeness (QED) is 0.556. The van der Waals surface area contributed by atoms with Gasteiger partial charge in [0.05, 0.1) is 32.0 Å². The van der Waals surface area contributed by atoms with Gasteiger partial charge >= 0.3 is 5.97 Å². The van der Waals surface area contributed by atoms with Crippen LogP contribution in [-0.2, 0) is 19.1 Å². The lowest BCUT2D eigenvalue weighted by molar-refractivity contribution is -0.159.